The van der Waals surface area contributed by atoms with Gasteiger partial charge in [-0.25, -0.2) is 0 Å². The third-order valence-corrected chi connectivity index (χ3v) is 0. The van der Waals surface area contributed by atoms with E-state index in [1.54, 1.807) is 0 Å². The molecule has 0 saturated heterocycles. The molecule has 112 valence electrons. The zero-order chi connectivity index (χ0) is 68.0. The fourth-order valence-corrected chi connectivity index (χ4v) is 0. The molecule has 0 bridgehead atoms. The number of hydrogen-bond acceptors (Lipinski definition) is 0. The molecule has 0 radical (unpaired) electrons. The predicted molar refractivity (Wildman–Crippen MR) is 407 cm³/mol. The van der Waals surface area contributed by atoms with Crippen molar-refractivity contribution in [3.8, 4) is 0 Å². The molecule has 0 nitrogen and oxygen atoms in total. The van der Waals surface area contributed by atoms with Gasteiger partial charge in [0, 0.05) is 0 Å². The van der Waals surface area contributed by atoms with E-state index in [9.17, 15) is 0 Å². The molecule has 0 aliphatic heterocycles. The van der Waals surface area contributed by atoms with Crippen molar-refractivity contribution in [3.63, 3.8) is 0 Å². The van der Waals surface area contributed by atoms with Crippen molar-refractivity contribution >= 4 is 2020 Å². The van der Waals surface area contributed by atoms with Crippen molar-refractivity contribution in [2.45, 2.75) is 42.5 Å². The number of rotatable bonds is 0. The third-order valence-electron chi connectivity index (χ3n) is 0. The SMILES string of the molecule is C.C.CC.CC.[H-].[H-].[K+].[K+].[K][K].[K][K].[K][K].[K][K].[K][K].[K][K].[K][K].[K][K].[K][K].[K][K].[K][K].[K][K].[K][K].[K][K].[K][K].[K][K].[K][K].[K][K].[K][K].[K][K].[K][K].[K][K].[K][K].[K][K].[K][K].[K][K].[K][K].[K][K].[K][K].[K][K].[K][K].[K][K]. The van der Waals surface area contributed by atoms with Gasteiger partial charge in [0.1, 0.15) is 0 Å². The van der Waals surface area contributed by atoms with E-state index in [-0.39, 0.29) is 120 Å². The van der Waals surface area contributed by atoms with E-state index in [2.05, 4.69) is 0 Å². The quantitative estimate of drug-likeness (QED) is 0.212. The van der Waals surface area contributed by atoms with E-state index in [1.165, 1.54) is 2020 Å². The fourth-order valence-electron chi connectivity index (χ4n) is 0. The zero-order valence-electron chi connectivity index (χ0n) is 72.0. The molecule has 0 atom stereocenters. The molecule has 0 heterocycles. The molecule has 0 rings (SSSR count). The molecule has 66 heteroatoms. The monoisotopic (exact) mass is 2670 g/mol. The molecule has 0 aliphatic rings. The Labute approximate surface area is 2010 Å². The van der Waals surface area contributed by atoms with Gasteiger partial charge in [-0.1, -0.05) is 42.5 Å². The Hall–Kier alpha value is 108. The van der Waals surface area contributed by atoms with E-state index in [0.717, 1.165) is 0 Å². The molecule has 0 N–H and O–H groups in total. The van der Waals surface area contributed by atoms with Crippen LogP contribution in [0.15, 0.2) is 0 Å². The summed E-state index contributed by atoms with van der Waals surface area (Å²) in [7, 11) is 0. The summed E-state index contributed by atoms with van der Waals surface area (Å²) in [6.07, 6.45) is 0. The minimum atomic E-state index is 0. The molecular weight excluding hydrogens is 2650 g/mol. The van der Waals surface area contributed by atoms with Crippen molar-refractivity contribution in [1.29, 1.82) is 0 Å². The molecule has 0 spiro atoms. The molecule has 0 saturated carbocycles. The molecule has 0 aromatic heterocycles. The fraction of sp³-hybridized carbons (Fsp3) is 1.00. The van der Waals surface area contributed by atoms with Gasteiger partial charge in [-0.2, -0.15) is 0 Å². The second kappa shape index (κ2) is 486. The molecule has 0 aromatic rings. The van der Waals surface area contributed by atoms with E-state index in [4.69, 9.17) is 0 Å². The zero-order valence-corrected chi connectivity index (χ0v) is 276. The van der Waals surface area contributed by atoms with Crippen LogP contribution in [0.2, 0.25) is 0 Å². The first-order chi connectivity index (χ1) is 34.0. The summed E-state index contributed by atoms with van der Waals surface area (Å²) in [5.74, 6) is 0. The molecular formula is C6H22K66. The van der Waals surface area contributed by atoms with E-state index in [1.807, 2.05) is 27.7 Å². The average molecular weight is 2670 g/mol. The Bertz CT molecular complexity index is 43.1. The van der Waals surface area contributed by atoms with Crippen LogP contribution in [-0.4, -0.2) is 2020 Å². The van der Waals surface area contributed by atoms with Crippen LogP contribution in [0, 0.1) is 0 Å². The van der Waals surface area contributed by atoms with Crippen LogP contribution in [0.25, 0.3) is 0 Å². The van der Waals surface area contributed by atoms with Gasteiger partial charge in [0.2, 0.25) is 0 Å². The minimum absolute atomic E-state index is 0. The normalized spacial score (nSPS) is 3.72. The maximum atomic E-state index is 2.00. The molecule has 0 aliphatic carbocycles. The second-order valence-electron chi connectivity index (χ2n) is 0. The Balaban J connectivity index is -0.00000000423. The van der Waals surface area contributed by atoms with Crippen LogP contribution in [0.5, 0.6) is 0 Å². The van der Waals surface area contributed by atoms with Gasteiger partial charge in [-0.3, -0.25) is 0 Å². The first kappa shape index (κ1) is 286. The summed E-state index contributed by atoms with van der Waals surface area (Å²) >= 11 is 80.0. The van der Waals surface area contributed by atoms with Crippen LogP contribution < -0.4 is 103 Å². The first-order valence-electron chi connectivity index (χ1n) is 34.0. The summed E-state index contributed by atoms with van der Waals surface area (Å²) in [4.78, 5) is 0. The van der Waals surface area contributed by atoms with Crippen LogP contribution in [0.4, 0.5) is 0 Å². The van der Waals surface area contributed by atoms with Gasteiger partial charge in [0.25, 0.3) is 0 Å². The predicted octanol–water partition coefficient (Wildman–Crippen LogP) is -26.8. The molecule has 0 fully saturated rings. The van der Waals surface area contributed by atoms with Crippen molar-refractivity contribution in [3.05, 3.63) is 0 Å². The van der Waals surface area contributed by atoms with Crippen molar-refractivity contribution in [2.75, 3.05) is 0 Å². The van der Waals surface area contributed by atoms with Crippen LogP contribution in [-0.2, 0) is 0 Å². The van der Waals surface area contributed by atoms with Crippen LogP contribution in [0.1, 0.15) is 45.4 Å². The van der Waals surface area contributed by atoms with Crippen molar-refractivity contribution in [2.24, 2.45) is 0 Å². The number of hydrogen-bond donors (Lipinski definition) is 0. The molecule has 72 heavy (non-hydrogen) atoms. The summed E-state index contributed by atoms with van der Waals surface area (Å²) in [5.41, 5.74) is 0. The van der Waals surface area contributed by atoms with Gasteiger partial charge in [0.15, 0.2) is 0 Å². The molecule has 0 aromatic carbocycles. The van der Waals surface area contributed by atoms with Gasteiger partial charge >= 0.3 is 2120 Å². The van der Waals surface area contributed by atoms with E-state index < -0.39 is 0 Å². The Morgan fingerprint density at radius 1 is 0.0972 bits per heavy atom. The average Bonchev–Trinajstić information content (AvgIpc) is 3.59. The topological polar surface area (TPSA) is 0 Å². The molecule has 0 amide bonds. The second-order valence-corrected chi connectivity index (χ2v) is 0. The van der Waals surface area contributed by atoms with Gasteiger partial charge in [-0.05, 0) is 0 Å². The van der Waals surface area contributed by atoms with E-state index >= 15 is 0 Å². The maximum absolute atomic E-state index is 2.00. The van der Waals surface area contributed by atoms with Crippen molar-refractivity contribution < 1.29 is 106 Å². The van der Waals surface area contributed by atoms with Gasteiger partial charge < -0.3 is 2.85 Å². The van der Waals surface area contributed by atoms with Crippen LogP contribution >= 0.6 is 0 Å². The summed E-state index contributed by atoms with van der Waals surface area (Å²) in [6.45, 7) is 8.00. The van der Waals surface area contributed by atoms with Crippen molar-refractivity contribution in [1.82, 2.24) is 0 Å². The van der Waals surface area contributed by atoms with Gasteiger partial charge in [0.05, 0.1) is 0 Å². The molecule has 0 unspecified atom stereocenters. The summed E-state index contributed by atoms with van der Waals surface area (Å²) in [6, 6.07) is 0. The Kier molecular flexibility index (Phi) is 1930. The van der Waals surface area contributed by atoms with Crippen LogP contribution in [0.3, 0.4) is 0 Å². The standard InChI is InChI=1S/2C2H6.2CH4.66K.2H/c2*1-2;;;;;;;;;;;;;;;;;;;;;;;;;;;;;;;;;;;;;;;;;;;;;;;;;;;;;;;;;;;;;;;;;;;;;;/h2*1-2H3;2*1H4;;;;;;;;;;;;;;;;;;;;;;;;;;;;;;;;;;;;;;;;;;;;;;;;;;;;;;;;;;;;;;;;;;;;/q;;;;;;;;;;;;;;;;;;;;;;;;;;;;;;;;;;;;;;;;;;;;;;;;;;;;;;;;;;;;;;;;;;;;2*+1;2*-1. The van der Waals surface area contributed by atoms with Gasteiger partial charge in [-0.15, -0.1) is 0 Å². The first-order valence-corrected chi connectivity index (χ1v) is 546. The Morgan fingerprint density at radius 2 is 0.0972 bits per heavy atom. The van der Waals surface area contributed by atoms with E-state index in [0.29, 0.717) is 0 Å². The summed E-state index contributed by atoms with van der Waals surface area (Å²) < 4.78 is 0. The third kappa shape index (κ3) is 478. The summed E-state index contributed by atoms with van der Waals surface area (Å²) in [5, 5.41) is 0. The Morgan fingerprint density at radius 3 is 0.0972 bits per heavy atom.